The largest absolute Gasteiger partial charge is 0.507 e. The molecule has 0 aliphatic rings. The van der Waals surface area contributed by atoms with E-state index in [1.165, 1.54) is 12.1 Å². The van der Waals surface area contributed by atoms with Gasteiger partial charge in [0.15, 0.2) is 0 Å². The molecule has 0 spiro atoms. The smallest absolute Gasteiger partial charge is 0.414 e. The van der Waals surface area contributed by atoms with Crippen LogP contribution in [0.3, 0.4) is 0 Å². The van der Waals surface area contributed by atoms with Crippen molar-refractivity contribution >= 4 is 17.9 Å². The highest BCUT2D eigenvalue weighted by Gasteiger charge is 2.05. The monoisotopic (exact) mass is 228 g/mol. The van der Waals surface area contributed by atoms with E-state index in [9.17, 15) is 4.79 Å². The molecule has 0 unspecified atom stereocenters. The second-order valence-electron chi connectivity index (χ2n) is 2.43. The van der Waals surface area contributed by atoms with Gasteiger partial charge >= 0.3 is 17.9 Å². The molecule has 0 heterocycles. The van der Waals surface area contributed by atoms with E-state index in [0.29, 0.717) is 0 Å². The summed E-state index contributed by atoms with van der Waals surface area (Å²) >= 11 is 0. The molecule has 0 bridgehead atoms. The van der Waals surface area contributed by atoms with Gasteiger partial charge in [-0.2, -0.15) is 0 Å². The molecule has 86 valence electrons. The maximum Gasteiger partial charge on any atom is 0.414 e. The molecule has 1 rings (SSSR count). The maximum absolute atomic E-state index is 10.3. The van der Waals surface area contributed by atoms with E-state index < -0.39 is 17.9 Å². The van der Waals surface area contributed by atoms with Crippen LogP contribution in [-0.2, 0) is 9.59 Å². The molecule has 0 aromatic heterocycles. The van der Waals surface area contributed by atoms with Gasteiger partial charge in [-0.05, 0) is 12.1 Å². The summed E-state index contributed by atoms with van der Waals surface area (Å²) in [5.74, 6) is -4.96. The number of aliphatic carboxylic acids is 2. The van der Waals surface area contributed by atoms with Crippen molar-refractivity contribution in [1.29, 1.82) is 0 Å². The Hall–Kier alpha value is -2.57. The number of rotatable bonds is 1. The lowest BCUT2D eigenvalue weighted by Crippen LogP contribution is -2.09. The molecule has 1 aromatic rings. The summed E-state index contributed by atoms with van der Waals surface area (Å²) in [6.45, 7) is 0. The summed E-state index contributed by atoms with van der Waals surface area (Å²) in [5, 5.41) is 32.1. The van der Waals surface area contributed by atoms with Gasteiger partial charge in [0.05, 0.1) is 0 Å². The summed E-state index contributed by atoms with van der Waals surface area (Å²) in [6, 6.07) is 5.81. The lowest BCUT2D eigenvalue weighted by atomic mass is 10.2. The van der Waals surface area contributed by atoms with Crippen molar-refractivity contribution in [1.82, 2.24) is 0 Å². The minimum absolute atomic E-state index is 0.0671. The van der Waals surface area contributed by atoms with E-state index in [2.05, 4.69) is 0 Å². The predicted molar refractivity (Wildman–Crippen MR) is 50.3 cm³/mol. The fourth-order valence-electron chi connectivity index (χ4n) is 0.654. The Balaban J connectivity index is 0.000000325. The van der Waals surface area contributed by atoms with Crippen molar-refractivity contribution < 1.29 is 34.8 Å². The summed E-state index contributed by atoms with van der Waals surface area (Å²) < 4.78 is 0. The summed E-state index contributed by atoms with van der Waals surface area (Å²) in [6.07, 6.45) is 0. The van der Waals surface area contributed by atoms with Gasteiger partial charge in [0.1, 0.15) is 11.3 Å². The minimum Gasteiger partial charge on any atom is -0.507 e. The molecule has 0 fully saturated rings. The lowest BCUT2D eigenvalue weighted by molar-refractivity contribution is -0.159. The topological polar surface area (TPSA) is 132 Å². The van der Waals surface area contributed by atoms with Crippen LogP contribution < -0.4 is 0 Å². The Morgan fingerprint density at radius 3 is 1.56 bits per heavy atom. The van der Waals surface area contributed by atoms with Crippen LogP contribution >= 0.6 is 0 Å². The molecule has 0 aliphatic heterocycles. The zero-order valence-corrected chi connectivity index (χ0v) is 7.82. The number of para-hydroxylation sites is 1. The van der Waals surface area contributed by atoms with Gasteiger partial charge in [0.2, 0.25) is 0 Å². The Kier molecular flexibility index (Phi) is 5.05. The molecule has 0 atom stereocenters. The average molecular weight is 228 g/mol. The van der Waals surface area contributed by atoms with Crippen LogP contribution in [0.15, 0.2) is 24.3 Å². The fraction of sp³-hybridized carbons (Fsp3) is 0. The van der Waals surface area contributed by atoms with Crippen molar-refractivity contribution in [3.8, 4) is 5.75 Å². The fourth-order valence-corrected chi connectivity index (χ4v) is 0.654. The van der Waals surface area contributed by atoms with Gasteiger partial charge in [-0.1, -0.05) is 12.1 Å². The van der Waals surface area contributed by atoms with Crippen molar-refractivity contribution in [3.05, 3.63) is 29.8 Å². The van der Waals surface area contributed by atoms with E-state index in [-0.39, 0.29) is 11.3 Å². The van der Waals surface area contributed by atoms with Crippen LogP contribution in [0.5, 0.6) is 5.75 Å². The number of phenols is 1. The third-order valence-electron chi connectivity index (χ3n) is 1.32. The maximum atomic E-state index is 10.3. The molecular formula is C9H8O7. The van der Waals surface area contributed by atoms with Gasteiger partial charge in [0.25, 0.3) is 0 Å². The molecule has 16 heavy (non-hydrogen) atoms. The first kappa shape index (κ1) is 13.4. The summed E-state index contributed by atoms with van der Waals surface area (Å²) in [7, 11) is 0. The van der Waals surface area contributed by atoms with E-state index >= 15 is 0 Å². The number of aromatic carboxylic acids is 1. The highest BCUT2D eigenvalue weighted by Crippen LogP contribution is 2.14. The van der Waals surface area contributed by atoms with Gasteiger partial charge in [-0.15, -0.1) is 0 Å². The Labute approximate surface area is 89.2 Å². The van der Waals surface area contributed by atoms with E-state index in [0.717, 1.165) is 0 Å². The van der Waals surface area contributed by atoms with Crippen LogP contribution in [0.25, 0.3) is 0 Å². The molecule has 0 radical (unpaired) electrons. The number of aromatic hydroxyl groups is 1. The molecule has 0 saturated heterocycles. The zero-order chi connectivity index (χ0) is 12.7. The first-order chi connectivity index (χ1) is 7.36. The van der Waals surface area contributed by atoms with Crippen molar-refractivity contribution in [3.63, 3.8) is 0 Å². The number of hydrogen-bond donors (Lipinski definition) is 4. The summed E-state index contributed by atoms with van der Waals surface area (Å²) in [4.78, 5) is 28.5. The predicted octanol–water partition coefficient (Wildman–Crippen LogP) is 0.246. The van der Waals surface area contributed by atoms with E-state index in [1.807, 2.05) is 0 Å². The molecule has 7 heteroatoms. The third kappa shape index (κ3) is 4.61. The molecule has 0 amide bonds. The number of benzene rings is 1. The van der Waals surface area contributed by atoms with Crippen LogP contribution in [0.2, 0.25) is 0 Å². The minimum atomic E-state index is -1.82. The first-order valence-corrected chi connectivity index (χ1v) is 3.83. The normalized spacial score (nSPS) is 8.50. The van der Waals surface area contributed by atoms with E-state index in [4.69, 9.17) is 30.0 Å². The quantitative estimate of drug-likeness (QED) is 0.506. The standard InChI is InChI=1S/C7H6O3.C2H2O4/c8-6-4-2-1-3-5(6)7(9)10;3-1(4)2(5)6/h1-4,8H,(H,9,10);(H,3,4)(H,5,6). The zero-order valence-electron chi connectivity index (χ0n) is 7.82. The molecule has 7 nitrogen and oxygen atoms in total. The van der Waals surface area contributed by atoms with E-state index in [1.54, 1.807) is 12.1 Å². The second-order valence-corrected chi connectivity index (χ2v) is 2.43. The SMILES string of the molecule is O=C(O)C(=O)O.O=C(O)c1ccccc1O. The Morgan fingerprint density at radius 1 is 0.875 bits per heavy atom. The average Bonchev–Trinajstić information content (AvgIpc) is 2.18. The van der Waals surface area contributed by atoms with Gasteiger partial charge in [-0.25, -0.2) is 14.4 Å². The van der Waals surface area contributed by atoms with Gasteiger partial charge in [0, 0.05) is 0 Å². The number of carbonyl (C=O) groups is 3. The van der Waals surface area contributed by atoms with Gasteiger partial charge in [-0.3, -0.25) is 0 Å². The first-order valence-electron chi connectivity index (χ1n) is 3.83. The lowest BCUT2D eigenvalue weighted by Gasteiger charge is -1.95. The van der Waals surface area contributed by atoms with Crippen LogP contribution in [0.4, 0.5) is 0 Å². The van der Waals surface area contributed by atoms with Crippen LogP contribution in [0, 0.1) is 0 Å². The number of hydrogen-bond acceptors (Lipinski definition) is 4. The highest BCUT2D eigenvalue weighted by atomic mass is 16.4. The second kappa shape index (κ2) is 6.02. The molecule has 0 aliphatic carbocycles. The molecule has 1 aromatic carbocycles. The van der Waals surface area contributed by atoms with Gasteiger partial charge < -0.3 is 20.4 Å². The third-order valence-corrected chi connectivity index (χ3v) is 1.32. The van der Waals surface area contributed by atoms with Crippen molar-refractivity contribution in [2.24, 2.45) is 0 Å². The summed E-state index contributed by atoms with van der Waals surface area (Å²) in [5.41, 5.74) is -0.0671. The van der Waals surface area contributed by atoms with Crippen molar-refractivity contribution in [2.45, 2.75) is 0 Å². The molecule has 4 N–H and O–H groups in total. The molecular weight excluding hydrogens is 220 g/mol. The highest BCUT2D eigenvalue weighted by molar-refractivity contribution is 6.27. The Morgan fingerprint density at radius 2 is 1.31 bits per heavy atom. The molecule has 0 saturated carbocycles. The number of carboxylic acid groups (broad SMARTS) is 3. The Bertz CT molecular complexity index is 398. The number of carboxylic acids is 3. The van der Waals surface area contributed by atoms with Crippen LogP contribution in [0.1, 0.15) is 10.4 Å². The van der Waals surface area contributed by atoms with Crippen molar-refractivity contribution in [2.75, 3.05) is 0 Å². The van der Waals surface area contributed by atoms with Crippen LogP contribution in [-0.4, -0.2) is 38.3 Å².